The number of fused-ring (bicyclic) bond motifs is 1. The van der Waals surface area contributed by atoms with Crippen LogP contribution in [0.1, 0.15) is 27.2 Å². The van der Waals surface area contributed by atoms with Crippen molar-refractivity contribution in [3.63, 3.8) is 0 Å². The number of nitrogens with zero attached hydrogens (tertiary/aromatic N) is 2. The molecular weight excluding hydrogens is 310 g/mol. The maximum Gasteiger partial charge on any atom is 0.324 e. The number of aliphatic imine (C=N–C) groups is 1. The number of guanidine groups is 1. The fourth-order valence-corrected chi connectivity index (χ4v) is 4.03. The van der Waals surface area contributed by atoms with Gasteiger partial charge in [-0.15, -0.1) is 0 Å². The van der Waals surface area contributed by atoms with Crippen LogP contribution in [-0.4, -0.2) is 67.7 Å². The highest BCUT2D eigenvalue weighted by Crippen LogP contribution is 2.52. The summed E-state index contributed by atoms with van der Waals surface area (Å²) in [5, 5.41) is 9.27. The number of carbonyl (C=O) groups excluding carboxylic acids is 2. The highest BCUT2D eigenvalue weighted by Gasteiger charge is 2.59. The fraction of sp³-hybridized carbons (Fsp3) is 0.812. The number of carbonyl (C=O) groups is 2. The van der Waals surface area contributed by atoms with E-state index in [1.165, 1.54) is 4.90 Å². The molecule has 3 unspecified atom stereocenters. The van der Waals surface area contributed by atoms with Gasteiger partial charge in [0.1, 0.15) is 0 Å². The maximum atomic E-state index is 11.6. The topological polar surface area (TPSA) is 95.1 Å². The molecule has 24 heavy (non-hydrogen) atoms. The van der Waals surface area contributed by atoms with Gasteiger partial charge < -0.3 is 20.7 Å². The van der Waals surface area contributed by atoms with Crippen LogP contribution in [0, 0.1) is 11.3 Å². The van der Waals surface area contributed by atoms with Crippen molar-refractivity contribution in [2.45, 2.75) is 39.3 Å². The summed E-state index contributed by atoms with van der Waals surface area (Å²) in [5.41, 5.74) is 0.0716. The van der Waals surface area contributed by atoms with Crippen molar-refractivity contribution in [2.24, 2.45) is 16.3 Å². The number of hydrogen-bond donors (Lipinski definition) is 3. The number of imide groups is 1. The molecule has 0 radical (unpaired) electrons. The molecule has 3 atom stereocenters. The molecule has 0 bridgehead atoms. The standard InChI is InChI=1S/C16H27N5O3/c1-4-17-14(18-6-7-21-11(22)9-19-15(21)23)20-12-10-5-8-24-13(10)16(12,2)3/h10,12-13H,4-9H2,1-3H3,(H,19,23)(H2,17,18,20). The van der Waals surface area contributed by atoms with Crippen LogP contribution in [0.25, 0.3) is 0 Å². The van der Waals surface area contributed by atoms with Gasteiger partial charge in [-0.3, -0.25) is 14.7 Å². The van der Waals surface area contributed by atoms with Gasteiger partial charge in [-0.05, 0) is 13.3 Å². The number of hydrogen-bond acceptors (Lipinski definition) is 4. The average molecular weight is 337 g/mol. The third-order valence-electron chi connectivity index (χ3n) is 5.27. The van der Waals surface area contributed by atoms with Crippen molar-refractivity contribution in [1.29, 1.82) is 0 Å². The lowest BCUT2D eigenvalue weighted by atomic mass is 9.57. The molecule has 3 N–H and O–H groups in total. The second kappa shape index (κ2) is 6.58. The number of ether oxygens (including phenoxy) is 1. The van der Waals surface area contributed by atoms with Gasteiger partial charge in [0.2, 0.25) is 5.91 Å². The molecule has 0 aromatic heterocycles. The number of rotatable bonds is 5. The van der Waals surface area contributed by atoms with Crippen LogP contribution in [-0.2, 0) is 9.53 Å². The Bertz CT molecular complexity index is 532. The van der Waals surface area contributed by atoms with E-state index in [1.807, 2.05) is 6.92 Å². The van der Waals surface area contributed by atoms with Gasteiger partial charge in [0.25, 0.3) is 0 Å². The molecule has 134 valence electrons. The Morgan fingerprint density at radius 2 is 2.25 bits per heavy atom. The maximum absolute atomic E-state index is 11.6. The van der Waals surface area contributed by atoms with E-state index in [1.54, 1.807) is 0 Å². The first kappa shape index (κ1) is 17.0. The Morgan fingerprint density at radius 1 is 1.46 bits per heavy atom. The highest BCUT2D eigenvalue weighted by atomic mass is 16.5. The van der Waals surface area contributed by atoms with Crippen molar-refractivity contribution < 1.29 is 14.3 Å². The third kappa shape index (κ3) is 2.94. The lowest BCUT2D eigenvalue weighted by Gasteiger charge is -2.54. The molecule has 2 saturated heterocycles. The van der Waals surface area contributed by atoms with Crippen LogP contribution in [0.2, 0.25) is 0 Å². The normalized spacial score (nSPS) is 31.5. The monoisotopic (exact) mass is 337 g/mol. The second-order valence-corrected chi connectivity index (χ2v) is 7.15. The Labute approximate surface area is 142 Å². The summed E-state index contributed by atoms with van der Waals surface area (Å²) in [6.45, 7) is 8.80. The average Bonchev–Trinajstić information content (AvgIpc) is 3.12. The predicted molar refractivity (Wildman–Crippen MR) is 89.6 cm³/mol. The van der Waals surface area contributed by atoms with Crippen LogP contribution in [0.15, 0.2) is 4.99 Å². The SMILES string of the molecule is CCNC(=NCCN1C(=O)CNC1=O)NC1C2CCOC2C1(C)C. The first-order valence-corrected chi connectivity index (χ1v) is 8.69. The van der Waals surface area contributed by atoms with E-state index >= 15 is 0 Å². The molecule has 1 aliphatic carbocycles. The van der Waals surface area contributed by atoms with E-state index in [4.69, 9.17) is 4.74 Å². The van der Waals surface area contributed by atoms with E-state index in [0.717, 1.165) is 25.5 Å². The number of urea groups is 1. The summed E-state index contributed by atoms with van der Waals surface area (Å²) in [4.78, 5) is 28.8. The van der Waals surface area contributed by atoms with Gasteiger partial charge in [0.15, 0.2) is 5.96 Å². The van der Waals surface area contributed by atoms with Gasteiger partial charge in [-0.1, -0.05) is 13.8 Å². The summed E-state index contributed by atoms with van der Waals surface area (Å²) >= 11 is 0. The van der Waals surface area contributed by atoms with Crippen LogP contribution >= 0.6 is 0 Å². The summed E-state index contributed by atoms with van der Waals surface area (Å²) in [6.07, 6.45) is 1.40. The minimum Gasteiger partial charge on any atom is -0.377 e. The minimum atomic E-state index is -0.334. The molecule has 3 aliphatic rings. The second-order valence-electron chi connectivity index (χ2n) is 7.15. The summed E-state index contributed by atoms with van der Waals surface area (Å²) in [7, 11) is 0. The van der Waals surface area contributed by atoms with Crippen molar-refractivity contribution in [3.8, 4) is 0 Å². The van der Waals surface area contributed by atoms with Crippen LogP contribution in [0.5, 0.6) is 0 Å². The molecule has 8 heteroatoms. The van der Waals surface area contributed by atoms with Gasteiger partial charge in [-0.2, -0.15) is 0 Å². The zero-order valence-corrected chi connectivity index (χ0v) is 14.6. The van der Waals surface area contributed by atoms with E-state index in [-0.39, 0.29) is 23.9 Å². The quantitative estimate of drug-likeness (QED) is 0.370. The molecule has 3 amide bonds. The molecular formula is C16H27N5O3. The molecule has 2 heterocycles. The Hall–Kier alpha value is -1.83. The molecule has 3 rings (SSSR count). The molecule has 1 saturated carbocycles. The highest BCUT2D eigenvalue weighted by molar-refractivity contribution is 6.01. The van der Waals surface area contributed by atoms with E-state index in [2.05, 4.69) is 34.8 Å². The first-order chi connectivity index (χ1) is 11.4. The Balaban J connectivity index is 1.58. The largest absolute Gasteiger partial charge is 0.377 e. The van der Waals surface area contributed by atoms with Gasteiger partial charge in [0, 0.05) is 30.5 Å². The number of amides is 3. The van der Waals surface area contributed by atoms with Gasteiger partial charge in [-0.25, -0.2) is 4.79 Å². The fourth-order valence-electron chi connectivity index (χ4n) is 4.03. The smallest absolute Gasteiger partial charge is 0.324 e. The van der Waals surface area contributed by atoms with Crippen LogP contribution < -0.4 is 16.0 Å². The molecule has 0 aromatic rings. The molecule has 0 aromatic carbocycles. The zero-order chi connectivity index (χ0) is 17.3. The predicted octanol–water partition coefficient (Wildman–Crippen LogP) is -0.0932. The van der Waals surface area contributed by atoms with Crippen molar-refractivity contribution >= 4 is 17.9 Å². The molecule has 3 fully saturated rings. The van der Waals surface area contributed by atoms with E-state index < -0.39 is 0 Å². The third-order valence-corrected chi connectivity index (χ3v) is 5.27. The zero-order valence-electron chi connectivity index (χ0n) is 14.6. The molecule has 8 nitrogen and oxygen atoms in total. The molecule has 0 spiro atoms. The Kier molecular flexibility index (Phi) is 4.67. The van der Waals surface area contributed by atoms with Crippen molar-refractivity contribution in [1.82, 2.24) is 20.9 Å². The van der Waals surface area contributed by atoms with Crippen LogP contribution in [0.3, 0.4) is 0 Å². The number of nitrogens with one attached hydrogen (secondary N) is 3. The van der Waals surface area contributed by atoms with E-state index in [0.29, 0.717) is 31.2 Å². The van der Waals surface area contributed by atoms with Crippen molar-refractivity contribution in [3.05, 3.63) is 0 Å². The summed E-state index contributed by atoms with van der Waals surface area (Å²) in [5.74, 6) is 1.06. The van der Waals surface area contributed by atoms with Gasteiger partial charge in [0.05, 0.1) is 25.7 Å². The van der Waals surface area contributed by atoms with E-state index in [9.17, 15) is 9.59 Å². The Morgan fingerprint density at radius 3 is 2.92 bits per heavy atom. The molecule has 2 aliphatic heterocycles. The van der Waals surface area contributed by atoms with Crippen molar-refractivity contribution in [2.75, 3.05) is 32.8 Å². The van der Waals surface area contributed by atoms with Crippen LogP contribution in [0.4, 0.5) is 4.79 Å². The first-order valence-electron chi connectivity index (χ1n) is 8.69. The summed E-state index contributed by atoms with van der Waals surface area (Å²) < 4.78 is 5.82. The minimum absolute atomic E-state index is 0.0716. The lowest BCUT2D eigenvalue weighted by molar-refractivity contribution is -0.124. The summed E-state index contributed by atoms with van der Waals surface area (Å²) in [6, 6.07) is -0.0150. The van der Waals surface area contributed by atoms with Gasteiger partial charge >= 0.3 is 6.03 Å². The lowest BCUT2D eigenvalue weighted by Crippen LogP contribution is -2.68.